The minimum absolute atomic E-state index is 0.315. The Labute approximate surface area is 67.1 Å². The van der Waals surface area contributed by atoms with E-state index in [1.165, 1.54) is 6.07 Å². The Balaban J connectivity index is 3.23. The highest BCUT2D eigenvalue weighted by molar-refractivity contribution is 5.38. The van der Waals surface area contributed by atoms with Crippen LogP contribution in [-0.2, 0) is 0 Å². The van der Waals surface area contributed by atoms with Gasteiger partial charge in [0.2, 0.25) is 0 Å². The normalized spacial score (nSPS) is 9.92. The van der Waals surface area contributed by atoms with Crippen LogP contribution in [0.15, 0.2) is 18.2 Å². The average molecular weight is 171 g/mol. The Morgan fingerprint density at radius 1 is 1.33 bits per heavy atom. The molecule has 0 bridgehead atoms. The van der Waals surface area contributed by atoms with Gasteiger partial charge in [-0.25, -0.2) is 13.2 Å². The fourth-order valence-corrected chi connectivity index (χ4v) is 0.816. The predicted molar refractivity (Wildman–Crippen MR) is 36.1 cm³/mol. The maximum atomic E-state index is 12.4. The van der Waals surface area contributed by atoms with E-state index < -0.39 is 17.8 Å². The Morgan fingerprint density at radius 2 is 2.00 bits per heavy atom. The Bertz CT molecular complexity index is 328. The number of nitrogens with zero attached hydrogens (tertiary/aromatic N) is 1. The van der Waals surface area contributed by atoms with Crippen LogP contribution in [0.25, 0.3) is 0 Å². The van der Waals surface area contributed by atoms with Crippen molar-refractivity contribution in [2.24, 2.45) is 0 Å². The molecule has 0 spiro atoms. The maximum absolute atomic E-state index is 12.4. The van der Waals surface area contributed by atoms with Crippen molar-refractivity contribution in [3.63, 3.8) is 0 Å². The zero-order chi connectivity index (χ0) is 9.14. The van der Waals surface area contributed by atoms with E-state index in [1.54, 1.807) is 0 Å². The molecule has 12 heavy (non-hydrogen) atoms. The Morgan fingerprint density at radius 3 is 2.50 bits per heavy atom. The molecule has 0 aromatic heterocycles. The molecule has 0 aliphatic heterocycles. The standard InChI is InChI=1S/C8H4F3N/c9-6-1-2-7(8(10)11)5(3-6)4-12/h1-3,8H. The molecule has 0 aliphatic carbocycles. The number of hydrogen-bond donors (Lipinski definition) is 0. The van der Waals surface area contributed by atoms with E-state index >= 15 is 0 Å². The third-order valence-corrected chi connectivity index (χ3v) is 1.37. The molecule has 1 aromatic carbocycles. The highest BCUT2D eigenvalue weighted by Crippen LogP contribution is 2.22. The minimum Gasteiger partial charge on any atom is -0.207 e. The lowest BCUT2D eigenvalue weighted by Gasteiger charge is -2.00. The first-order chi connectivity index (χ1) is 5.65. The SMILES string of the molecule is N#Cc1cc(F)ccc1C(F)F. The van der Waals surface area contributed by atoms with Crippen molar-refractivity contribution in [2.75, 3.05) is 0 Å². The number of benzene rings is 1. The van der Waals surface area contributed by atoms with Crippen molar-refractivity contribution in [1.29, 1.82) is 5.26 Å². The first-order valence-electron chi connectivity index (χ1n) is 3.13. The summed E-state index contributed by atoms with van der Waals surface area (Å²) < 4.78 is 36.5. The third kappa shape index (κ3) is 1.56. The van der Waals surface area contributed by atoms with Gasteiger partial charge in [-0.05, 0) is 18.2 Å². The highest BCUT2D eigenvalue weighted by Gasteiger charge is 2.12. The van der Waals surface area contributed by atoms with Crippen LogP contribution in [0, 0.1) is 17.1 Å². The molecule has 0 atom stereocenters. The van der Waals surface area contributed by atoms with Crippen molar-refractivity contribution < 1.29 is 13.2 Å². The first kappa shape index (κ1) is 8.60. The number of rotatable bonds is 1. The lowest BCUT2D eigenvalue weighted by molar-refractivity contribution is 0.151. The smallest absolute Gasteiger partial charge is 0.207 e. The predicted octanol–water partition coefficient (Wildman–Crippen LogP) is 2.63. The zero-order valence-electron chi connectivity index (χ0n) is 5.89. The molecule has 0 saturated heterocycles. The average Bonchev–Trinajstić information content (AvgIpc) is 2.03. The summed E-state index contributed by atoms with van der Waals surface area (Å²) in [6, 6.07) is 4.11. The maximum Gasteiger partial charge on any atom is 0.265 e. The van der Waals surface area contributed by atoms with Gasteiger partial charge >= 0.3 is 0 Å². The Kier molecular flexibility index (Phi) is 2.34. The fourth-order valence-electron chi connectivity index (χ4n) is 0.816. The molecule has 0 fully saturated rings. The van der Waals surface area contributed by atoms with Crippen molar-refractivity contribution in [3.05, 3.63) is 35.1 Å². The topological polar surface area (TPSA) is 23.8 Å². The molecule has 0 unspecified atom stereocenters. The van der Waals surface area contributed by atoms with Crippen molar-refractivity contribution in [2.45, 2.75) is 6.43 Å². The van der Waals surface area contributed by atoms with Crippen LogP contribution in [0.1, 0.15) is 17.6 Å². The van der Waals surface area contributed by atoms with Gasteiger partial charge in [-0.15, -0.1) is 0 Å². The van der Waals surface area contributed by atoms with Crippen LogP contribution in [0.5, 0.6) is 0 Å². The number of halogens is 3. The van der Waals surface area contributed by atoms with Gasteiger partial charge in [-0.1, -0.05) is 0 Å². The summed E-state index contributed by atoms with van der Waals surface area (Å²) in [6.07, 6.45) is -2.74. The second-order valence-corrected chi connectivity index (χ2v) is 2.14. The summed E-state index contributed by atoms with van der Waals surface area (Å²) in [5, 5.41) is 8.34. The second kappa shape index (κ2) is 3.26. The largest absolute Gasteiger partial charge is 0.265 e. The Hall–Kier alpha value is -1.50. The van der Waals surface area contributed by atoms with E-state index in [9.17, 15) is 13.2 Å². The first-order valence-corrected chi connectivity index (χ1v) is 3.13. The molecule has 1 nitrogen and oxygen atoms in total. The van der Waals surface area contributed by atoms with E-state index in [2.05, 4.69) is 0 Å². The van der Waals surface area contributed by atoms with Crippen LogP contribution < -0.4 is 0 Å². The summed E-state index contributed by atoms with van der Waals surface area (Å²) >= 11 is 0. The monoisotopic (exact) mass is 171 g/mol. The number of hydrogen-bond acceptors (Lipinski definition) is 1. The molecular weight excluding hydrogens is 167 g/mol. The van der Waals surface area contributed by atoms with E-state index in [0.29, 0.717) is 0 Å². The van der Waals surface area contributed by atoms with Gasteiger partial charge in [-0.3, -0.25) is 0 Å². The summed E-state index contributed by atoms with van der Waals surface area (Å²) in [5.41, 5.74) is -0.746. The summed E-state index contributed by atoms with van der Waals surface area (Å²) in [5.74, 6) is -0.684. The van der Waals surface area contributed by atoms with Gasteiger partial charge in [0, 0.05) is 5.56 Å². The summed E-state index contributed by atoms with van der Waals surface area (Å²) in [7, 11) is 0. The second-order valence-electron chi connectivity index (χ2n) is 2.14. The molecule has 0 N–H and O–H groups in total. The van der Waals surface area contributed by atoms with Gasteiger partial charge in [0.25, 0.3) is 6.43 Å². The van der Waals surface area contributed by atoms with Crippen LogP contribution in [-0.4, -0.2) is 0 Å². The molecular formula is C8H4F3N. The highest BCUT2D eigenvalue weighted by atomic mass is 19.3. The van der Waals surface area contributed by atoms with Crippen LogP contribution in [0.4, 0.5) is 13.2 Å². The number of nitriles is 1. The van der Waals surface area contributed by atoms with E-state index in [0.717, 1.165) is 18.2 Å². The molecule has 1 aromatic rings. The quantitative estimate of drug-likeness (QED) is 0.637. The van der Waals surface area contributed by atoms with Crippen molar-refractivity contribution >= 4 is 0 Å². The molecule has 0 saturated carbocycles. The summed E-state index contributed by atoms with van der Waals surface area (Å²) in [4.78, 5) is 0. The molecule has 0 amide bonds. The van der Waals surface area contributed by atoms with Crippen LogP contribution in [0.3, 0.4) is 0 Å². The summed E-state index contributed by atoms with van der Waals surface area (Å²) in [6.45, 7) is 0. The van der Waals surface area contributed by atoms with Gasteiger partial charge < -0.3 is 0 Å². The van der Waals surface area contributed by atoms with E-state index in [-0.39, 0.29) is 5.56 Å². The van der Waals surface area contributed by atoms with Crippen LogP contribution in [0.2, 0.25) is 0 Å². The van der Waals surface area contributed by atoms with Crippen LogP contribution >= 0.6 is 0 Å². The van der Waals surface area contributed by atoms with Gasteiger partial charge in [0.1, 0.15) is 5.82 Å². The molecule has 0 heterocycles. The molecule has 0 aliphatic rings. The molecule has 4 heteroatoms. The number of alkyl halides is 2. The lowest BCUT2D eigenvalue weighted by atomic mass is 10.1. The van der Waals surface area contributed by atoms with Crippen molar-refractivity contribution in [3.8, 4) is 6.07 Å². The molecule has 1 rings (SSSR count). The lowest BCUT2D eigenvalue weighted by Crippen LogP contribution is -1.90. The van der Waals surface area contributed by atoms with E-state index in [1.807, 2.05) is 0 Å². The van der Waals surface area contributed by atoms with Gasteiger partial charge in [0.05, 0.1) is 11.6 Å². The van der Waals surface area contributed by atoms with Gasteiger partial charge in [0.15, 0.2) is 0 Å². The van der Waals surface area contributed by atoms with Crippen molar-refractivity contribution in [1.82, 2.24) is 0 Å². The fraction of sp³-hybridized carbons (Fsp3) is 0.125. The minimum atomic E-state index is -2.74. The van der Waals surface area contributed by atoms with Gasteiger partial charge in [-0.2, -0.15) is 5.26 Å². The third-order valence-electron chi connectivity index (χ3n) is 1.37. The molecule has 0 radical (unpaired) electrons. The molecule has 62 valence electrons. The zero-order valence-corrected chi connectivity index (χ0v) is 5.89. The van der Waals surface area contributed by atoms with E-state index in [4.69, 9.17) is 5.26 Å².